The number of aliphatic hydroxyl groups is 1. The largest absolute Gasteiger partial charge is 0.504 e. The number of aryl methyl sites for hydroxylation is 1. The molecule has 0 amide bonds. The summed E-state index contributed by atoms with van der Waals surface area (Å²) < 4.78 is 5.65. The maximum Gasteiger partial charge on any atom is 0.161 e. The van der Waals surface area contributed by atoms with Gasteiger partial charge in [0, 0.05) is 60.3 Å². The van der Waals surface area contributed by atoms with E-state index in [1.165, 1.54) is 19.1 Å². The average Bonchev–Trinajstić information content (AvgIpc) is 3.54. The van der Waals surface area contributed by atoms with Crippen molar-refractivity contribution in [2.75, 3.05) is 26.8 Å². The molecule has 236 valence electrons. The number of nitrogens with one attached hydrogen (secondary N) is 3. The Labute approximate surface area is 260 Å². The summed E-state index contributed by atoms with van der Waals surface area (Å²) in [5, 5.41) is 29.8. The van der Waals surface area contributed by atoms with E-state index in [1.807, 2.05) is 24.4 Å². The van der Waals surface area contributed by atoms with Gasteiger partial charge in [-0.3, -0.25) is 9.59 Å². The number of ether oxygens (including phenoxy) is 1. The van der Waals surface area contributed by atoms with Crippen molar-refractivity contribution in [3.05, 3.63) is 82.0 Å². The van der Waals surface area contributed by atoms with E-state index in [4.69, 9.17) is 4.74 Å². The Hall–Kier alpha value is -3.78. The maximum atomic E-state index is 12.8. The van der Waals surface area contributed by atoms with Crippen LogP contribution in [-0.4, -0.2) is 53.6 Å². The Morgan fingerprint density at radius 1 is 1.09 bits per heavy atom. The molecule has 3 heterocycles. The number of unbranched alkanes of at least 4 members (excludes halogenated alkanes) is 4. The number of carbonyl (C=O) groups is 2. The van der Waals surface area contributed by atoms with Crippen LogP contribution in [0, 0.1) is 5.41 Å². The van der Waals surface area contributed by atoms with Gasteiger partial charge in [-0.1, -0.05) is 50.8 Å². The zero-order valence-electron chi connectivity index (χ0n) is 26.1. The van der Waals surface area contributed by atoms with Crippen LogP contribution in [0.4, 0.5) is 0 Å². The molecular formula is C36H47N3O5. The second-order valence-electron chi connectivity index (χ2n) is 12.5. The van der Waals surface area contributed by atoms with Crippen LogP contribution in [0.15, 0.2) is 65.2 Å². The molecule has 2 unspecified atom stereocenters. The number of dihydropyridines is 1. The van der Waals surface area contributed by atoms with Gasteiger partial charge in [-0.2, -0.15) is 0 Å². The molecule has 5 rings (SSSR count). The number of carbonyl (C=O) groups excluding carboxylic acids is 2. The number of allylic oxidation sites excluding steroid dienone is 2. The van der Waals surface area contributed by atoms with Gasteiger partial charge in [0.15, 0.2) is 11.5 Å². The average molecular weight is 602 g/mol. The molecule has 8 heteroatoms. The van der Waals surface area contributed by atoms with Crippen LogP contribution >= 0.6 is 0 Å². The molecule has 5 N–H and O–H groups in total. The molecule has 0 spiro atoms. The van der Waals surface area contributed by atoms with E-state index in [-0.39, 0.29) is 42.7 Å². The number of aliphatic hydroxyl groups excluding tert-OH is 1. The van der Waals surface area contributed by atoms with E-state index < -0.39 is 5.41 Å². The summed E-state index contributed by atoms with van der Waals surface area (Å²) in [6.07, 6.45) is 14.1. The molecule has 0 radical (unpaired) electrons. The third kappa shape index (κ3) is 6.80. The first-order chi connectivity index (χ1) is 21.4. The van der Waals surface area contributed by atoms with Crippen molar-refractivity contribution in [3.8, 4) is 11.5 Å². The van der Waals surface area contributed by atoms with Gasteiger partial charge in [0.25, 0.3) is 0 Å². The zero-order valence-corrected chi connectivity index (χ0v) is 26.1. The van der Waals surface area contributed by atoms with Gasteiger partial charge < -0.3 is 30.6 Å². The van der Waals surface area contributed by atoms with Crippen LogP contribution in [-0.2, 0) is 22.4 Å². The highest BCUT2D eigenvalue weighted by atomic mass is 16.5. The van der Waals surface area contributed by atoms with Crippen molar-refractivity contribution in [1.29, 1.82) is 0 Å². The first-order valence-electron chi connectivity index (χ1n) is 16.2. The predicted molar refractivity (Wildman–Crippen MR) is 172 cm³/mol. The minimum atomic E-state index is -0.726. The second kappa shape index (κ2) is 14.3. The number of aromatic amines is 1. The number of ketones is 2. The fourth-order valence-corrected chi connectivity index (χ4v) is 7.16. The molecule has 2 atom stereocenters. The number of H-pyrrole nitrogens is 1. The molecule has 1 aliphatic carbocycles. The third-order valence-corrected chi connectivity index (χ3v) is 9.32. The van der Waals surface area contributed by atoms with E-state index in [2.05, 4.69) is 34.7 Å². The van der Waals surface area contributed by atoms with E-state index in [9.17, 15) is 19.8 Å². The molecule has 44 heavy (non-hydrogen) atoms. The first-order valence-corrected chi connectivity index (χ1v) is 16.2. The molecule has 8 nitrogen and oxygen atoms in total. The second-order valence-corrected chi connectivity index (χ2v) is 12.5. The molecule has 0 saturated carbocycles. The SMILES string of the molecule is CCCCCCCC(=O)CC(=O)CCc1cc(OC)c(O)c(C2C3=CCNC4=C3C(=CC2(CO)Cc2ccc[nH]2)CCN4)c1. The molecule has 2 aromatic rings. The van der Waals surface area contributed by atoms with Gasteiger partial charge in [-0.25, -0.2) is 0 Å². The van der Waals surface area contributed by atoms with E-state index in [1.54, 1.807) is 6.07 Å². The standard InChI is InChI=1S/C36H47N3O5/c1-3-4-5-6-7-10-27(41)20-28(42)12-11-24-18-30(34(43)31(19-24)44-2)33-29-14-17-39-35-32(29)25(13-16-38-35)21-36(33,23-40)22-26-9-8-15-37-26/h8-9,14-15,18-19,21,33,37-40,43H,3-7,10-13,16-17,20,22-23H2,1-2H3. The number of aromatic hydroxyl groups is 1. The number of rotatable bonds is 16. The van der Waals surface area contributed by atoms with Crippen LogP contribution < -0.4 is 15.4 Å². The van der Waals surface area contributed by atoms with Crippen molar-refractivity contribution in [2.45, 2.75) is 83.5 Å². The van der Waals surface area contributed by atoms with Crippen molar-refractivity contribution in [3.63, 3.8) is 0 Å². The number of phenols is 1. The minimum Gasteiger partial charge on any atom is -0.504 e. The lowest BCUT2D eigenvalue weighted by Crippen LogP contribution is -2.44. The van der Waals surface area contributed by atoms with Gasteiger partial charge in [0.2, 0.25) is 0 Å². The van der Waals surface area contributed by atoms with Gasteiger partial charge in [-0.05, 0) is 60.6 Å². The molecule has 1 aromatic carbocycles. The Balaban J connectivity index is 1.44. The lowest BCUT2D eigenvalue weighted by molar-refractivity contribution is -0.127. The molecular weight excluding hydrogens is 554 g/mol. The van der Waals surface area contributed by atoms with Crippen LogP contribution in [0.1, 0.15) is 87.4 Å². The summed E-state index contributed by atoms with van der Waals surface area (Å²) >= 11 is 0. The van der Waals surface area contributed by atoms with Gasteiger partial charge in [0.05, 0.1) is 20.1 Å². The van der Waals surface area contributed by atoms with Gasteiger partial charge >= 0.3 is 0 Å². The monoisotopic (exact) mass is 601 g/mol. The number of methoxy groups -OCH3 is 1. The molecule has 0 fully saturated rings. The molecule has 1 aromatic heterocycles. The van der Waals surface area contributed by atoms with Crippen molar-refractivity contribution >= 4 is 11.6 Å². The fourth-order valence-electron chi connectivity index (χ4n) is 7.16. The summed E-state index contributed by atoms with van der Waals surface area (Å²) in [6, 6.07) is 7.72. The summed E-state index contributed by atoms with van der Waals surface area (Å²) in [5.74, 6) is 0.936. The number of benzene rings is 1. The fraction of sp³-hybridized carbons (Fsp3) is 0.500. The first kappa shape index (κ1) is 31.6. The molecule has 2 aliphatic heterocycles. The highest BCUT2D eigenvalue weighted by molar-refractivity contribution is 5.99. The Kier molecular flexibility index (Phi) is 10.3. The Bertz CT molecular complexity index is 1440. The van der Waals surface area contributed by atoms with Crippen molar-refractivity contribution in [2.24, 2.45) is 5.41 Å². The minimum absolute atomic E-state index is 0.0142. The quantitative estimate of drug-likeness (QED) is 0.127. The summed E-state index contributed by atoms with van der Waals surface area (Å²) in [6.45, 7) is 3.49. The summed E-state index contributed by atoms with van der Waals surface area (Å²) in [7, 11) is 1.53. The van der Waals surface area contributed by atoms with Crippen molar-refractivity contribution in [1.82, 2.24) is 15.6 Å². The van der Waals surface area contributed by atoms with Crippen LogP contribution in [0.2, 0.25) is 0 Å². The smallest absolute Gasteiger partial charge is 0.161 e. The number of aromatic nitrogens is 1. The number of hydrogen-bond acceptors (Lipinski definition) is 7. The number of phenolic OH excluding ortho intramolecular Hbond substituents is 1. The normalized spacial score (nSPS) is 20.7. The van der Waals surface area contributed by atoms with Crippen LogP contribution in [0.3, 0.4) is 0 Å². The van der Waals surface area contributed by atoms with E-state index in [0.29, 0.717) is 37.1 Å². The highest BCUT2D eigenvalue weighted by Gasteiger charge is 2.48. The highest BCUT2D eigenvalue weighted by Crippen LogP contribution is 2.57. The maximum absolute atomic E-state index is 12.8. The molecule has 0 saturated heterocycles. The van der Waals surface area contributed by atoms with Crippen LogP contribution in [0.25, 0.3) is 0 Å². The number of Topliss-reactive ketones (excluding diaryl/α,β-unsaturated/α-hetero) is 2. The van der Waals surface area contributed by atoms with Crippen molar-refractivity contribution < 1.29 is 24.5 Å². The Morgan fingerprint density at radius 3 is 2.66 bits per heavy atom. The zero-order chi connectivity index (χ0) is 31.1. The van der Waals surface area contributed by atoms with E-state index in [0.717, 1.165) is 66.9 Å². The van der Waals surface area contributed by atoms with Gasteiger partial charge in [0.1, 0.15) is 17.4 Å². The van der Waals surface area contributed by atoms with Crippen LogP contribution in [0.5, 0.6) is 11.5 Å². The Morgan fingerprint density at radius 2 is 1.91 bits per heavy atom. The predicted octanol–water partition coefficient (Wildman–Crippen LogP) is 5.53. The van der Waals surface area contributed by atoms with Gasteiger partial charge in [-0.15, -0.1) is 0 Å². The lowest BCUT2D eigenvalue weighted by Gasteiger charge is -2.47. The summed E-state index contributed by atoms with van der Waals surface area (Å²) in [5.41, 5.74) is 5.15. The lowest BCUT2D eigenvalue weighted by atomic mass is 9.59. The molecule has 0 bridgehead atoms. The third-order valence-electron chi connectivity index (χ3n) is 9.32. The summed E-state index contributed by atoms with van der Waals surface area (Å²) in [4.78, 5) is 28.6. The van der Waals surface area contributed by atoms with E-state index >= 15 is 0 Å². The topological polar surface area (TPSA) is 124 Å². The number of hydrogen-bond donors (Lipinski definition) is 5. The molecule has 3 aliphatic rings.